The number of hydrogen-bond donors (Lipinski definition) is 6. The first kappa shape index (κ1) is 14.5. The van der Waals surface area contributed by atoms with Gasteiger partial charge in [-0.3, -0.25) is 0 Å². The Morgan fingerprint density at radius 1 is 0.833 bits per heavy atom. The monoisotopic (exact) mass is 202 g/mol. The first-order valence-electron chi connectivity index (χ1n) is 3.10. The lowest BCUT2D eigenvalue weighted by Crippen LogP contribution is -2.33. The van der Waals surface area contributed by atoms with E-state index in [1.165, 1.54) is 0 Å². The van der Waals surface area contributed by atoms with Crippen LogP contribution in [0.5, 0.6) is 0 Å². The lowest BCUT2D eigenvalue weighted by Gasteiger charge is -1.94. The van der Waals surface area contributed by atoms with Gasteiger partial charge in [0, 0.05) is 0 Å². The summed E-state index contributed by atoms with van der Waals surface area (Å²) in [7, 11) is -4.61. The van der Waals surface area contributed by atoms with Gasteiger partial charge in [-0.2, -0.15) is 0 Å². The van der Waals surface area contributed by atoms with Crippen LogP contribution in [-0.2, 0) is 4.74 Å². The van der Waals surface area contributed by atoms with Gasteiger partial charge >= 0.3 is 9.05 Å². The topological polar surface area (TPSA) is 131 Å². The maximum absolute atomic E-state index is 8.09. The summed E-state index contributed by atoms with van der Waals surface area (Å²) in [6.45, 7) is 0.696. The zero-order chi connectivity index (χ0) is 10.0. The Morgan fingerprint density at radius 2 is 1.08 bits per heavy atom. The van der Waals surface area contributed by atoms with E-state index in [1.54, 1.807) is 0 Å². The van der Waals surface area contributed by atoms with Crippen LogP contribution in [0.15, 0.2) is 0 Å². The van der Waals surface area contributed by atoms with Gasteiger partial charge in [-0.05, 0) is 0 Å². The number of ether oxygens (including phenoxy) is 1. The van der Waals surface area contributed by atoms with E-state index in [9.17, 15) is 0 Å². The van der Waals surface area contributed by atoms with Crippen LogP contribution in [0.2, 0.25) is 0 Å². The second kappa shape index (κ2) is 9.03. The van der Waals surface area contributed by atoms with Crippen molar-refractivity contribution >= 4 is 9.05 Å². The van der Waals surface area contributed by atoms with Crippen LogP contribution >= 0.6 is 0 Å². The molecule has 0 spiro atoms. The molecule has 7 nitrogen and oxygen atoms in total. The largest absolute Gasteiger partial charge is 0.668 e. The summed E-state index contributed by atoms with van der Waals surface area (Å²) in [6.07, 6.45) is 0. The van der Waals surface area contributed by atoms with Crippen molar-refractivity contribution in [2.24, 2.45) is 0 Å². The van der Waals surface area contributed by atoms with E-state index in [0.29, 0.717) is 13.2 Å². The van der Waals surface area contributed by atoms with E-state index in [-0.39, 0.29) is 13.2 Å². The van der Waals surface area contributed by atoms with E-state index in [2.05, 4.69) is 4.74 Å². The second-order valence-electron chi connectivity index (χ2n) is 1.66. The minimum Gasteiger partial charge on any atom is -0.394 e. The minimum atomic E-state index is -4.61. The van der Waals surface area contributed by atoms with Gasteiger partial charge in [-0.15, -0.1) is 0 Å². The fraction of sp³-hybridized carbons (Fsp3) is 1.00. The molecule has 0 saturated carbocycles. The van der Waals surface area contributed by atoms with Gasteiger partial charge in [0.2, 0.25) is 0 Å². The fourth-order valence-corrected chi connectivity index (χ4v) is 0.231. The van der Waals surface area contributed by atoms with Crippen LogP contribution < -0.4 is 0 Å². The molecular weight excluding hydrogens is 188 g/mol. The summed E-state index contributed by atoms with van der Waals surface area (Å²) < 4.78 is 4.63. The highest BCUT2D eigenvalue weighted by molar-refractivity contribution is 6.46. The van der Waals surface area contributed by atoms with Gasteiger partial charge < -0.3 is 34.1 Å². The third-order valence-electron chi connectivity index (χ3n) is 0.471. The Morgan fingerprint density at radius 3 is 1.25 bits per heavy atom. The normalized spacial score (nSPS) is 10.5. The van der Waals surface area contributed by atoms with Crippen molar-refractivity contribution in [3.63, 3.8) is 0 Å². The van der Waals surface area contributed by atoms with Gasteiger partial charge in [0.05, 0.1) is 26.4 Å². The molecule has 0 heterocycles. The van der Waals surface area contributed by atoms with Crippen molar-refractivity contribution in [2.45, 2.75) is 0 Å². The molecule has 0 atom stereocenters. The Bertz CT molecular complexity index is 72.0. The molecule has 0 radical (unpaired) electrons. The zero-order valence-corrected chi connectivity index (χ0v) is 7.42. The van der Waals surface area contributed by atoms with Crippen molar-refractivity contribution in [1.29, 1.82) is 0 Å². The van der Waals surface area contributed by atoms with Crippen molar-refractivity contribution in [3.8, 4) is 0 Å². The lowest BCUT2D eigenvalue weighted by atomic mass is 10.7. The summed E-state index contributed by atoms with van der Waals surface area (Å²) in [5, 5.41) is 16.2. The van der Waals surface area contributed by atoms with Gasteiger partial charge in [0.1, 0.15) is 0 Å². The van der Waals surface area contributed by atoms with Crippen molar-refractivity contribution < 1.29 is 34.1 Å². The molecule has 6 N–H and O–H groups in total. The van der Waals surface area contributed by atoms with Crippen LogP contribution in [-0.4, -0.2) is 64.9 Å². The molecular formula is C4H14O7Si. The predicted molar refractivity (Wildman–Crippen MR) is 39.6 cm³/mol. The summed E-state index contributed by atoms with van der Waals surface area (Å²) >= 11 is 0. The molecule has 0 aromatic heterocycles. The molecule has 0 unspecified atom stereocenters. The van der Waals surface area contributed by atoms with Crippen LogP contribution in [0, 0.1) is 0 Å². The van der Waals surface area contributed by atoms with Crippen LogP contribution in [0.1, 0.15) is 0 Å². The first-order chi connectivity index (χ1) is 5.41. The smallest absolute Gasteiger partial charge is 0.394 e. The predicted octanol–water partition coefficient (Wildman–Crippen LogP) is -3.62. The molecule has 0 fully saturated rings. The third-order valence-corrected chi connectivity index (χ3v) is 0.471. The molecule has 12 heavy (non-hydrogen) atoms. The van der Waals surface area contributed by atoms with Gasteiger partial charge in [-0.25, -0.2) is 0 Å². The van der Waals surface area contributed by atoms with E-state index < -0.39 is 9.05 Å². The third kappa shape index (κ3) is 51.2. The summed E-state index contributed by atoms with van der Waals surface area (Å²) in [5.41, 5.74) is 0. The van der Waals surface area contributed by atoms with Crippen molar-refractivity contribution in [1.82, 2.24) is 0 Å². The molecule has 0 aromatic carbocycles. The number of rotatable bonds is 4. The minimum absolute atomic E-state index is 0.0278. The van der Waals surface area contributed by atoms with E-state index >= 15 is 0 Å². The standard InChI is InChI=1S/C4H10O3.H4O4Si/c5-1-3-7-4-2-6;1-5(2,3)4/h5-6H,1-4H2;1-4H. The molecule has 0 rings (SSSR count). The summed E-state index contributed by atoms with van der Waals surface area (Å²) in [6, 6.07) is 0. The zero-order valence-electron chi connectivity index (χ0n) is 6.42. The molecule has 8 heteroatoms. The molecule has 0 aliphatic carbocycles. The summed E-state index contributed by atoms with van der Waals surface area (Å²) in [4.78, 5) is 29.3. The number of aliphatic hydroxyl groups is 2. The molecule has 0 amide bonds. The van der Waals surface area contributed by atoms with Crippen molar-refractivity contribution in [2.75, 3.05) is 26.4 Å². The molecule has 0 aromatic rings. The van der Waals surface area contributed by atoms with E-state index in [1.807, 2.05) is 0 Å². The average molecular weight is 202 g/mol. The Kier molecular flexibility index (Phi) is 10.9. The fourth-order valence-electron chi connectivity index (χ4n) is 0.231. The summed E-state index contributed by atoms with van der Waals surface area (Å²) in [5.74, 6) is 0. The first-order valence-corrected chi connectivity index (χ1v) is 4.89. The van der Waals surface area contributed by atoms with Gasteiger partial charge in [0.25, 0.3) is 0 Å². The van der Waals surface area contributed by atoms with E-state index in [4.69, 9.17) is 29.4 Å². The highest BCUT2D eigenvalue weighted by atomic mass is 28.4. The van der Waals surface area contributed by atoms with Gasteiger partial charge in [-0.1, -0.05) is 0 Å². The van der Waals surface area contributed by atoms with Crippen LogP contribution in [0.4, 0.5) is 0 Å². The van der Waals surface area contributed by atoms with Crippen molar-refractivity contribution in [3.05, 3.63) is 0 Å². The Hall–Kier alpha value is -0.0631. The molecule has 0 aliphatic heterocycles. The SMILES string of the molecule is OCCOCCO.O[Si](O)(O)O. The second-order valence-corrected chi connectivity index (χ2v) is 2.86. The van der Waals surface area contributed by atoms with Gasteiger partial charge in [0.15, 0.2) is 0 Å². The average Bonchev–Trinajstić information content (AvgIpc) is 1.85. The highest BCUT2D eigenvalue weighted by Gasteiger charge is 2.22. The van der Waals surface area contributed by atoms with Crippen LogP contribution in [0.3, 0.4) is 0 Å². The number of aliphatic hydroxyl groups excluding tert-OH is 2. The Labute approximate surface area is 70.6 Å². The molecule has 76 valence electrons. The maximum Gasteiger partial charge on any atom is 0.668 e. The number of hydrogen-bond acceptors (Lipinski definition) is 7. The lowest BCUT2D eigenvalue weighted by molar-refractivity contribution is 0.0650. The Balaban J connectivity index is 0. The molecule has 0 bridgehead atoms. The molecule has 0 saturated heterocycles. The highest BCUT2D eigenvalue weighted by Crippen LogP contribution is 1.68. The molecule has 0 aliphatic rings. The van der Waals surface area contributed by atoms with E-state index in [0.717, 1.165) is 0 Å². The quantitative estimate of drug-likeness (QED) is 0.205. The maximum atomic E-state index is 8.09. The van der Waals surface area contributed by atoms with Crippen LogP contribution in [0.25, 0.3) is 0 Å².